The Morgan fingerprint density at radius 3 is 3.00 bits per heavy atom. The first-order valence-electron chi connectivity index (χ1n) is 6.21. The molecule has 0 radical (unpaired) electrons. The predicted octanol–water partition coefficient (Wildman–Crippen LogP) is -0.308. The first-order chi connectivity index (χ1) is 9.65. The van der Waals surface area contributed by atoms with Crippen LogP contribution in [-0.2, 0) is 4.74 Å². The third-order valence-electron chi connectivity index (χ3n) is 3.40. The number of nitrogens with zero attached hydrogens (tertiary/aromatic N) is 4. The van der Waals surface area contributed by atoms with Gasteiger partial charge >= 0.3 is 0 Å². The fourth-order valence-corrected chi connectivity index (χ4v) is 2.39. The highest BCUT2D eigenvalue weighted by atomic mass is 16.5. The summed E-state index contributed by atoms with van der Waals surface area (Å²) in [6.07, 6.45) is 1.36. The van der Waals surface area contributed by atoms with E-state index in [-0.39, 0.29) is 6.61 Å². The van der Waals surface area contributed by atoms with E-state index in [1.165, 1.54) is 6.33 Å². The number of rotatable bonds is 3. The number of hydrogen-bond donors (Lipinski definition) is 3. The Balaban J connectivity index is 2.09. The second-order valence-corrected chi connectivity index (χ2v) is 4.61. The topological polar surface area (TPSA) is 119 Å². The molecule has 0 spiro atoms. The molecule has 4 N–H and O–H groups in total. The van der Waals surface area contributed by atoms with Gasteiger partial charge in [-0.1, -0.05) is 6.58 Å². The van der Waals surface area contributed by atoms with Crippen molar-refractivity contribution in [2.45, 2.75) is 24.9 Å². The fourth-order valence-electron chi connectivity index (χ4n) is 2.39. The molecule has 0 aliphatic carbocycles. The molecular formula is C12H15N5O3. The minimum Gasteiger partial charge on any atom is -0.394 e. The van der Waals surface area contributed by atoms with Crippen molar-refractivity contribution >= 4 is 22.9 Å². The first-order valence-corrected chi connectivity index (χ1v) is 6.21. The number of nitrogens with two attached hydrogens (primary N) is 1. The molecule has 0 bridgehead atoms. The van der Waals surface area contributed by atoms with Crippen LogP contribution in [0.15, 0.2) is 12.9 Å². The number of aromatic nitrogens is 4. The van der Waals surface area contributed by atoms with Crippen molar-refractivity contribution in [3.05, 3.63) is 18.6 Å². The zero-order chi connectivity index (χ0) is 14.3. The van der Waals surface area contributed by atoms with E-state index in [2.05, 4.69) is 21.6 Å². The monoisotopic (exact) mass is 277 g/mol. The van der Waals surface area contributed by atoms with Crippen LogP contribution in [0.25, 0.3) is 17.1 Å². The average molecular weight is 277 g/mol. The standard InChI is InChI=1S/C12H15N5O3/c1-2-6-10-11(13)14-5-15-12(10)17(16-6)9-3-7(19)8(4-18)20-9/h2,5,7-9,18-19H,1,3-4H2,(H2,13,14,15)/t7-,8+,9+/m0/s1. The predicted molar refractivity (Wildman–Crippen MR) is 71.4 cm³/mol. The Labute approximate surface area is 114 Å². The summed E-state index contributed by atoms with van der Waals surface area (Å²) >= 11 is 0. The quantitative estimate of drug-likeness (QED) is 0.704. The molecule has 1 saturated heterocycles. The van der Waals surface area contributed by atoms with Gasteiger partial charge < -0.3 is 20.7 Å². The van der Waals surface area contributed by atoms with Crippen LogP contribution in [0.5, 0.6) is 0 Å². The first kappa shape index (κ1) is 13.0. The maximum absolute atomic E-state index is 9.81. The van der Waals surface area contributed by atoms with Gasteiger partial charge in [-0.25, -0.2) is 14.6 Å². The summed E-state index contributed by atoms with van der Waals surface area (Å²) in [7, 11) is 0. The third-order valence-corrected chi connectivity index (χ3v) is 3.40. The van der Waals surface area contributed by atoms with Crippen molar-refractivity contribution in [1.29, 1.82) is 0 Å². The minimum atomic E-state index is -0.740. The Bertz CT molecular complexity index is 656. The number of anilines is 1. The van der Waals surface area contributed by atoms with Gasteiger partial charge in [-0.15, -0.1) is 0 Å². The molecule has 1 fully saturated rings. The Morgan fingerprint density at radius 1 is 1.55 bits per heavy atom. The van der Waals surface area contributed by atoms with Crippen LogP contribution in [0.3, 0.4) is 0 Å². The number of nitrogen functional groups attached to an aromatic ring is 1. The van der Waals surface area contributed by atoms with E-state index in [1.807, 2.05) is 0 Å². The maximum Gasteiger partial charge on any atom is 0.166 e. The second kappa shape index (κ2) is 4.82. The van der Waals surface area contributed by atoms with Crippen molar-refractivity contribution in [3.8, 4) is 0 Å². The molecule has 0 saturated carbocycles. The smallest absolute Gasteiger partial charge is 0.166 e. The van der Waals surface area contributed by atoms with Crippen molar-refractivity contribution in [3.63, 3.8) is 0 Å². The van der Waals surface area contributed by atoms with Gasteiger partial charge in [0.15, 0.2) is 11.9 Å². The van der Waals surface area contributed by atoms with E-state index in [0.29, 0.717) is 29.0 Å². The molecule has 3 atom stereocenters. The normalized spacial score (nSPS) is 26.2. The average Bonchev–Trinajstić information content (AvgIpc) is 3.00. The van der Waals surface area contributed by atoms with Crippen LogP contribution < -0.4 is 5.73 Å². The number of ether oxygens (including phenoxy) is 1. The van der Waals surface area contributed by atoms with Gasteiger partial charge in [-0.05, 0) is 6.08 Å². The highest BCUT2D eigenvalue weighted by Crippen LogP contribution is 2.32. The molecule has 3 rings (SSSR count). The summed E-state index contributed by atoms with van der Waals surface area (Å²) in [5.41, 5.74) is 6.92. The molecule has 20 heavy (non-hydrogen) atoms. The molecule has 1 aliphatic heterocycles. The van der Waals surface area contributed by atoms with Crippen LogP contribution >= 0.6 is 0 Å². The third kappa shape index (κ3) is 1.85. The Morgan fingerprint density at radius 2 is 2.35 bits per heavy atom. The van der Waals surface area contributed by atoms with E-state index in [9.17, 15) is 5.11 Å². The summed E-state index contributed by atoms with van der Waals surface area (Å²) in [5, 5.41) is 23.9. The van der Waals surface area contributed by atoms with Crippen molar-refractivity contribution in [2.24, 2.45) is 0 Å². The molecular weight excluding hydrogens is 262 g/mol. The summed E-state index contributed by atoms with van der Waals surface area (Å²) in [6.45, 7) is 3.44. The lowest BCUT2D eigenvalue weighted by molar-refractivity contribution is -0.0470. The van der Waals surface area contributed by atoms with E-state index in [1.54, 1.807) is 10.8 Å². The summed E-state index contributed by atoms with van der Waals surface area (Å²) in [5.74, 6) is 0.313. The highest BCUT2D eigenvalue weighted by Gasteiger charge is 2.36. The zero-order valence-corrected chi connectivity index (χ0v) is 10.7. The van der Waals surface area contributed by atoms with Gasteiger partial charge in [0.25, 0.3) is 0 Å². The molecule has 106 valence electrons. The minimum absolute atomic E-state index is 0.248. The fraction of sp³-hybridized carbons (Fsp3) is 0.417. The SMILES string of the molecule is C=Cc1nn([C@H]2C[C@H](O)[C@@H](CO)O2)c2ncnc(N)c12. The van der Waals surface area contributed by atoms with E-state index >= 15 is 0 Å². The summed E-state index contributed by atoms with van der Waals surface area (Å²) < 4.78 is 7.12. The van der Waals surface area contributed by atoms with Crippen LogP contribution in [0.1, 0.15) is 18.3 Å². The largest absolute Gasteiger partial charge is 0.394 e. The molecule has 0 amide bonds. The second-order valence-electron chi connectivity index (χ2n) is 4.61. The van der Waals surface area contributed by atoms with Crippen molar-refractivity contribution < 1.29 is 14.9 Å². The number of hydrogen-bond acceptors (Lipinski definition) is 7. The highest BCUT2D eigenvalue weighted by molar-refractivity contribution is 5.92. The van der Waals surface area contributed by atoms with Crippen molar-refractivity contribution in [2.75, 3.05) is 12.3 Å². The van der Waals surface area contributed by atoms with Gasteiger partial charge in [0.1, 0.15) is 18.2 Å². The summed E-state index contributed by atoms with van der Waals surface area (Å²) in [4.78, 5) is 8.11. The van der Waals surface area contributed by atoms with E-state index in [0.717, 1.165) is 0 Å². The molecule has 8 nitrogen and oxygen atoms in total. The lowest BCUT2D eigenvalue weighted by Gasteiger charge is -2.12. The molecule has 3 heterocycles. The van der Waals surface area contributed by atoms with Gasteiger partial charge in [-0.3, -0.25) is 0 Å². The van der Waals surface area contributed by atoms with Gasteiger partial charge in [0.05, 0.1) is 23.8 Å². The Hall–Kier alpha value is -2.03. The number of aliphatic hydroxyl groups excluding tert-OH is 2. The van der Waals surface area contributed by atoms with Crippen LogP contribution in [0.4, 0.5) is 5.82 Å². The number of aliphatic hydroxyl groups is 2. The Kier molecular flexibility index (Phi) is 3.13. The van der Waals surface area contributed by atoms with Gasteiger partial charge in [-0.2, -0.15) is 5.10 Å². The van der Waals surface area contributed by atoms with Gasteiger partial charge in [0.2, 0.25) is 0 Å². The lowest BCUT2D eigenvalue weighted by Crippen LogP contribution is -2.24. The van der Waals surface area contributed by atoms with Crippen LogP contribution in [0, 0.1) is 0 Å². The molecule has 2 aromatic rings. The molecule has 0 aromatic carbocycles. The van der Waals surface area contributed by atoms with E-state index in [4.69, 9.17) is 15.6 Å². The molecule has 8 heteroatoms. The summed E-state index contributed by atoms with van der Waals surface area (Å²) in [6, 6.07) is 0. The molecule has 2 aromatic heterocycles. The number of fused-ring (bicyclic) bond motifs is 1. The zero-order valence-electron chi connectivity index (χ0n) is 10.7. The van der Waals surface area contributed by atoms with E-state index < -0.39 is 18.4 Å². The van der Waals surface area contributed by atoms with Crippen molar-refractivity contribution in [1.82, 2.24) is 19.7 Å². The maximum atomic E-state index is 9.81. The van der Waals surface area contributed by atoms with Crippen LogP contribution in [-0.4, -0.2) is 48.8 Å². The van der Waals surface area contributed by atoms with Gasteiger partial charge in [0, 0.05) is 6.42 Å². The van der Waals surface area contributed by atoms with Crippen LogP contribution in [0.2, 0.25) is 0 Å². The lowest BCUT2D eigenvalue weighted by atomic mass is 10.2. The molecule has 1 aliphatic rings. The molecule has 0 unspecified atom stereocenters.